The second kappa shape index (κ2) is 9.92. The lowest BCUT2D eigenvalue weighted by atomic mass is 9.63. The van der Waals surface area contributed by atoms with E-state index in [2.05, 4.69) is 40.7 Å². The van der Waals surface area contributed by atoms with E-state index >= 15 is 0 Å². The first-order chi connectivity index (χ1) is 14.7. The van der Waals surface area contributed by atoms with Crippen LogP contribution < -0.4 is 0 Å². The van der Waals surface area contributed by atoms with Crippen LogP contribution >= 0.6 is 0 Å². The molecule has 5 heteroatoms. The third-order valence-electron chi connectivity index (χ3n) is 8.49. The standard InChI is InChI=1S/C26H42O3SSi/c1-6-31(7-2,8-3)29-25-15-12-19-26(5)23(16-17-24(25)26)21(4)18-20-30(27,28)22-13-10-9-11-14-22/h9-11,13-14,16,21,24-25H,6-8,12,15,17-20H2,1-5H3/t21-,24+,25+,26-/m1/s1. The average Bonchev–Trinajstić information content (AvgIpc) is 3.14. The summed E-state index contributed by atoms with van der Waals surface area (Å²) in [5, 5.41) is 0. The van der Waals surface area contributed by atoms with E-state index in [4.69, 9.17) is 4.43 Å². The fourth-order valence-electron chi connectivity index (χ4n) is 6.18. The average molecular weight is 463 g/mol. The lowest BCUT2D eigenvalue weighted by molar-refractivity contribution is 0.0176. The van der Waals surface area contributed by atoms with Gasteiger partial charge in [-0.15, -0.1) is 0 Å². The zero-order valence-corrected chi connectivity index (χ0v) is 22.0. The van der Waals surface area contributed by atoms with Crippen LogP contribution in [0.15, 0.2) is 46.9 Å². The zero-order valence-electron chi connectivity index (χ0n) is 20.2. The molecule has 2 aliphatic carbocycles. The smallest absolute Gasteiger partial charge is 0.192 e. The maximum atomic E-state index is 12.8. The Balaban J connectivity index is 1.70. The van der Waals surface area contributed by atoms with Crippen molar-refractivity contribution in [1.82, 2.24) is 0 Å². The largest absolute Gasteiger partial charge is 0.414 e. The Morgan fingerprint density at radius 1 is 1.13 bits per heavy atom. The molecule has 0 aromatic heterocycles. The van der Waals surface area contributed by atoms with Crippen LogP contribution in [0.25, 0.3) is 0 Å². The maximum absolute atomic E-state index is 12.8. The number of sulfone groups is 1. The van der Waals surface area contributed by atoms with Gasteiger partial charge in [-0.3, -0.25) is 0 Å². The summed E-state index contributed by atoms with van der Waals surface area (Å²) in [6.07, 6.45) is 8.21. The fraction of sp³-hybridized carbons (Fsp3) is 0.692. The summed E-state index contributed by atoms with van der Waals surface area (Å²) in [7, 11) is -4.85. The van der Waals surface area contributed by atoms with Gasteiger partial charge in [0.25, 0.3) is 0 Å². The zero-order chi connectivity index (χ0) is 22.7. The topological polar surface area (TPSA) is 43.4 Å². The third kappa shape index (κ3) is 5.04. The highest BCUT2D eigenvalue weighted by Crippen LogP contribution is 2.56. The molecule has 1 aromatic carbocycles. The van der Waals surface area contributed by atoms with E-state index in [1.165, 1.54) is 43.0 Å². The fourth-order valence-corrected chi connectivity index (χ4v) is 10.6. The Hall–Kier alpha value is -0.913. The van der Waals surface area contributed by atoms with Crippen LogP contribution in [0.4, 0.5) is 0 Å². The second-order valence-electron chi connectivity index (χ2n) is 10.0. The predicted molar refractivity (Wildman–Crippen MR) is 132 cm³/mol. The molecule has 3 rings (SSSR count). The van der Waals surface area contributed by atoms with Crippen molar-refractivity contribution in [3.8, 4) is 0 Å². The van der Waals surface area contributed by atoms with Gasteiger partial charge in [-0.2, -0.15) is 0 Å². The third-order valence-corrected chi connectivity index (χ3v) is 14.9. The van der Waals surface area contributed by atoms with Gasteiger partial charge in [-0.05, 0) is 73.2 Å². The molecule has 0 saturated heterocycles. The quantitative estimate of drug-likeness (QED) is 0.277. The Morgan fingerprint density at radius 3 is 2.39 bits per heavy atom. The van der Waals surface area contributed by atoms with E-state index in [-0.39, 0.29) is 17.1 Å². The van der Waals surface area contributed by atoms with E-state index < -0.39 is 18.2 Å². The highest BCUT2D eigenvalue weighted by Gasteiger charge is 2.50. The molecular weight excluding hydrogens is 420 g/mol. The Morgan fingerprint density at radius 2 is 1.77 bits per heavy atom. The molecule has 2 aliphatic rings. The van der Waals surface area contributed by atoms with E-state index in [0.29, 0.717) is 23.3 Å². The summed E-state index contributed by atoms with van der Waals surface area (Å²) in [6, 6.07) is 12.5. The molecule has 1 fully saturated rings. The molecule has 0 aliphatic heterocycles. The molecule has 0 bridgehead atoms. The Labute approximate surface area is 191 Å². The molecule has 0 spiro atoms. The molecule has 1 saturated carbocycles. The molecule has 174 valence electrons. The van der Waals surface area contributed by atoms with Crippen molar-refractivity contribution in [1.29, 1.82) is 0 Å². The van der Waals surface area contributed by atoms with Crippen molar-refractivity contribution in [3.05, 3.63) is 42.0 Å². The Bertz CT molecular complexity index is 852. The summed E-state index contributed by atoms with van der Waals surface area (Å²) in [4.78, 5) is 0.442. The van der Waals surface area contributed by atoms with Crippen molar-refractivity contribution in [2.45, 2.75) is 95.9 Å². The van der Waals surface area contributed by atoms with Gasteiger partial charge >= 0.3 is 0 Å². The number of fused-ring (bicyclic) bond motifs is 1. The number of allylic oxidation sites excluding steroid dienone is 2. The van der Waals surface area contributed by atoms with E-state index in [1.54, 1.807) is 24.3 Å². The lowest BCUT2D eigenvalue weighted by Gasteiger charge is -2.48. The summed E-state index contributed by atoms with van der Waals surface area (Å²) in [5.74, 6) is 1.06. The predicted octanol–water partition coefficient (Wildman–Crippen LogP) is 7.01. The van der Waals surface area contributed by atoms with Crippen molar-refractivity contribution in [2.75, 3.05) is 5.75 Å². The van der Waals surface area contributed by atoms with Crippen molar-refractivity contribution < 1.29 is 12.8 Å². The van der Waals surface area contributed by atoms with Crippen LogP contribution in [0.1, 0.15) is 66.7 Å². The monoisotopic (exact) mass is 462 g/mol. The highest BCUT2D eigenvalue weighted by molar-refractivity contribution is 7.91. The van der Waals surface area contributed by atoms with Crippen LogP contribution in [-0.4, -0.2) is 28.6 Å². The molecule has 1 aromatic rings. The number of hydrogen-bond acceptors (Lipinski definition) is 3. The molecular formula is C26H42O3SSi. The van der Waals surface area contributed by atoms with Gasteiger partial charge in [-0.1, -0.05) is 70.9 Å². The van der Waals surface area contributed by atoms with Gasteiger partial charge < -0.3 is 4.43 Å². The minimum atomic E-state index is -3.23. The lowest BCUT2D eigenvalue weighted by Crippen LogP contribution is -2.48. The first-order valence-corrected chi connectivity index (χ1v) is 16.6. The van der Waals surface area contributed by atoms with Gasteiger partial charge in [0.05, 0.1) is 10.6 Å². The number of rotatable bonds is 10. The number of benzene rings is 1. The van der Waals surface area contributed by atoms with E-state index in [1.807, 2.05) is 6.07 Å². The summed E-state index contributed by atoms with van der Waals surface area (Å²) >= 11 is 0. The summed E-state index contributed by atoms with van der Waals surface area (Å²) < 4.78 is 32.6. The van der Waals surface area contributed by atoms with Crippen molar-refractivity contribution in [2.24, 2.45) is 17.3 Å². The van der Waals surface area contributed by atoms with Gasteiger partial charge in [-0.25, -0.2) is 8.42 Å². The van der Waals surface area contributed by atoms with Crippen molar-refractivity contribution in [3.63, 3.8) is 0 Å². The molecule has 0 unspecified atom stereocenters. The SMILES string of the molecule is CC[Si](CC)(CC)O[C@H]1CCC[C@]2(C)C([C@H](C)CCS(=O)(=O)c3ccccc3)=CC[C@@H]12. The van der Waals surface area contributed by atoms with E-state index in [9.17, 15) is 8.42 Å². The number of hydrogen-bond donors (Lipinski definition) is 0. The highest BCUT2D eigenvalue weighted by atomic mass is 32.2. The molecule has 31 heavy (non-hydrogen) atoms. The minimum Gasteiger partial charge on any atom is -0.414 e. The Kier molecular flexibility index (Phi) is 7.91. The molecule has 0 amide bonds. The minimum absolute atomic E-state index is 0.161. The molecule has 0 heterocycles. The van der Waals surface area contributed by atoms with Crippen molar-refractivity contribution >= 4 is 18.2 Å². The first kappa shape index (κ1) is 24.7. The van der Waals surface area contributed by atoms with Gasteiger partial charge in [0.2, 0.25) is 0 Å². The normalized spacial score (nSPS) is 27.6. The van der Waals surface area contributed by atoms with E-state index in [0.717, 1.165) is 6.42 Å². The second-order valence-corrected chi connectivity index (χ2v) is 16.9. The maximum Gasteiger partial charge on any atom is 0.192 e. The van der Waals surface area contributed by atoms with Crippen LogP contribution in [0.2, 0.25) is 18.1 Å². The first-order valence-electron chi connectivity index (χ1n) is 12.4. The van der Waals surface area contributed by atoms with Crippen LogP contribution in [-0.2, 0) is 14.3 Å². The molecule has 0 N–H and O–H groups in total. The van der Waals surface area contributed by atoms with Gasteiger partial charge in [0.15, 0.2) is 18.2 Å². The van der Waals surface area contributed by atoms with Gasteiger partial charge in [0.1, 0.15) is 0 Å². The van der Waals surface area contributed by atoms with Gasteiger partial charge in [0, 0.05) is 6.10 Å². The summed E-state index contributed by atoms with van der Waals surface area (Å²) in [6.45, 7) is 11.6. The van der Waals surface area contributed by atoms with Crippen LogP contribution in [0, 0.1) is 17.3 Å². The molecule has 3 nitrogen and oxygen atoms in total. The molecule has 0 radical (unpaired) electrons. The molecule has 4 atom stereocenters. The van der Waals surface area contributed by atoms with Crippen LogP contribution in [0.3, 0.4) is 0 Å². The van der Waals surface area contributed by atoms with Crippen LogP contribution in [0.5, 0.6) is 0 Å². The summed E-state index contributed by atoms with van der Waals surface area (Å²) in [5.41, 5.74) is 1.65.